The topological polar surface area (TPSA) is 55.1 Å². The van der Waals surface area contributed by atoms with Gasteiger partial charge in [-0.15, -0.1) is 0 Å². The Kier molecular flexibility index (Phi) is 4.20. The van der Waals surface area contributed by atoms with Crippen molar-refractivity contribution >= 4 is 5.91 Å². The van der Waals surface area contributed by atoms with Crippen LogP contribution in [0, 0.1) is 5.82 Å². The van der Waals surface area contributed by atoms with E-state index in [0.717, 1.165) is 36.9 Å². The molecule has 1 aliphatic heterocycles. The fraction of sp³-hybridized carbons (Fsp3) is 0.278. The molecule has 0 saturated carbocycles. The Morgan fingerprint density at radius 1 is 1.23 bits per heavy atom. The molecule has 3 nitrogen and oxygen atoms in total. The van der Waals surface area contributed by atoms with Crippen LogP contribution >= 0.6 is 0 Å². The summed E-state index contributed by atoms with van der Waals surface area (Å²) in [5.74, 6) is -0.637. The number of aryl methyl sites for hydroxylation is 1. The van der Waals surface area contributed by atoms with Crippen molar-refractivity contribution in [3.8, 4) is 0 Å². The molecule has 0 aromatic heterocycles. The van der Waals surface area contributed by atoms with E-state index in [0.29, 0.717) is 5.56 Å². The van der Waals surface area contributed by atoms with E-state index in [1.807, 2.05) is 12.1 Å². The lowest BCUT2D eigenvalue weighted by atomic mass is 9.92. The summed E-state index contributed by atoms with van der Waals surface area (Å²) in [6, 6.07) is 12.4. The highest BCUT2D eigenvalue weighted by Gasteiger charge is 2.20. The van der Waals surface area contributed by atoms with Crippen LogP contribution < -0.4 is 11.1 Å². The summed E-state index contributed by atoms with van der Waals surface area (Å²) < 4.78 is 13.0. The Balaban J connectivity index is 1.93. The molecule has 3 N–H and O–H groups in total. The van der Waals surface area contributed by atoms with Gasteiger partial charge < -0.3 is 11.1 Å². The highest BCUT2D eigenvalue weighted by Crippen LogP contribution is 2.27. The Morgan fingerprint density at radius 3 is 2.73 bits per heavy atom. The van der Waals surface area contributed by atoms with Gasteiger partial charge in [-0.2, -0.15) is 0 Å². The van der Waals surface area contributed by atoms with E-state index in [1.165, 1.54) is 17.7 Å². The third kappa shape index (κ3) is 3.17. The van der Waals surface area contributed by atoms with Crippen LogP contribution in [0.4, 0.5) is 4.39 Å². The minimum absolute atomic E-state index is 0.113. The normalized spacial score (nSPS) is 17.6. The van der Waals surface area contributed by atoms with E-state index in [2.05, 4.69) is 5.32 Å². The summed E-state index contributed by atoms with van der Waals surface area (Å²) in [6.07, 6.45) is 2.81. The zero-order chi connectivity index (χ0) is 15.5. The van der Waals surface area contributed by atoms with E-state index in [1.54, 1.807) is 18.2 Å². The van der Waals surface area contributed by atoms with E-state index in [4.69, 9.17) is 5.73 Å². The van der Waals surface area contributed by atoms with Gasteiger partial charge in [0.2, 0.25) is 5.91 Å². The van der Waals surface area contributed by atoms with Gasteiger partial charge in [-0.1, -0.05) is 18.2 Å². The molecule has 1 unspecified atom stereocenters. The summed E-state index contributed by atoms with van der Waals surface area (Å²) in [7, 11) is 0. The summed E-state index contributed by atoms with van der Waals surface area (Å²) in [5, 5.41) is 3.52. The number of nitrogens with one attached hydrogen (secondary N) is 1. The van der Waals surface area contributed by atoms with Gasteiger partial charge in [0, 0.05) is 11.6 Å². The number of fused-ring (bicyclic) bond motifs is 1. The molecule has 2 aromatic carbocycles. The minimum atomic E-state index is -0.410. The smallest absolute Gasteiger partial charge is 0.248 e. The van der Waals surface area contributed by atoms with Crippen LogP contribution in [0.1, 0.15) is 39.5 Å². The van der Waals surface area contributed by atoms with E-state index in [-0.39, 0.29) is 11.9 Å². The third-order valence-corrected chi connectivity index (χ3v) is 4.17. The van der Waals surface area contributed by atoms with Crippen LogP contribution in [0.15, 0.2) is 42.5 Å². The number of carbonyl (C=O) groups excluding carboxylic acids is 1. The predicted octanol–water partition coefficient (Wildman–Crippen LogP) is 2.74. The first-order chi connectivity index (χ1) is 10.6. The van der Waals surface area contributed by atoms with Gasteiger partial charge in [0.05, 0.1) is 0 Å². The van der Waals surface area contributed by atoms with Gasteiger partial charge in [0.1, 0.15) is 5.82 Å². The van der Waals surface area contributed by atoms with Crippen LogP contribution in [0.5, 0.6) is 0 Å². The number of benzene rings is 2. The van der Waals surface area contributed by atoms with Crippen molar-refractivity contribution in [1.82, 2.24) is 5.32 Å². The minimum Gasteiger partial charge on any atom is -0.366 e. The number of hydrogen-bond acceptors (Lipinski definition) is 2. The Labute approximate surface area is 129 Å². The summed E-state index contributed by atoms with van der Waals surface area (Å²) >= 11 is 0. The molecular weight excluding hydrogens is 279 g/mol. The van der Waals surface area contributed by atoms with Crippen LogP contribution in [0.3, 0.4) is 0 Å². The second kappa shape index (κ2) is 6.28. The number of primary amides is 1. The standard InChI is InChI=1S/C18H19FN2O/c19-15-7-3-12(4-8-15)10-17-16-11-14(18(20)22)6-5-13(16)2-1-9-21-17/h3-8,11,17,21H,1-2,9-10H2,(H2,20,22). The van der Waals surface area contributed by atoms with E-state index >= 15 is 0 Å². The van der Waals surface area contributed by atoms with Crippen molar-refractivity contribution in [3.63, 3.8) is 0 Å². The molecule has 4 heteroatoms. The summed E-state index contributed by atoms with van der Waals surface area (Å²) in [6.45, 7) is 0.923. The summed E-state index contributed by atoms with van der Waals surface area (Å²) in [5.41, 5.74) is 9.37. The summed E-state index contributed by atoms with van der Waals surface area (Å²) in [4.78, 5) is 11.4. The quantitative estimate of drug-likeness (QED) is 0.915. The molecule has 1 heterocycles. The lowest BCUT2D eigenvalue weighted by Gasteiger charge is -2.20. The number of amides is 1. The average Bonchev–Trinajstić information content (AvgIpc) is 2.71. The fourth-order valence-corrected chi connectivity index (χ4v) is 3.00. The Bertz CT molecular complexity index is 682. The highest BCUT2D eigenvalue weighted by molar-refractivity contribution is 5.93. The van der Waals surface area contributed by atoms with Gasteiger partial charge in [-0.25, -0.2) is 4.39 Å². The van der Waals surface area contributed by atoms with Gasteiger partial charge in [-0.05, 0) is 66.8 Å². The monoisotopic (exact) mass is 298 g/mol. The third-order valence-electron chi connectivity index (χ3n) is 4.17. The van der Waals surface area contributed by atoms with Crippen LogP contribution in [0.2, 0.25) is 0 Å². The van der Waals surface area contributed by atoms with E-state index in [9.17, 15) is 9.18 Å². The number of hydrogen-bond donors (Lipinski definition) is 2. The Morgan fingerprint density at radius 2 is 2.00 bits per heavy atom. The lowest BCUT2D eigenvalue weighted by molar-refractivity contribution is 0.1000. The molecule has 0 aliphatic carbocycles. The predicted molar refractivity (Wildman–Crippen MR) is 84.1 cm³/mol. The maximum Gasteiger partial charge on any atom is 0.248 e. The molecule has 0 radical (unpaired) electrons. The molecule has 0 saturated heterocycles. The highest BCUT2D eigenvalue weighted by atomic mass is 19.1. The number of carbonyl (C=O) groups is 1. The van der Waals surface area contributed by atoms with Crippen molar-refractivity contribution < 1.29 is 9.18 Å². The molecule has 0 bridgehead atoms. The maximum atomic E-state index is 13.0. The lowest BCUT2D eigenvalue weighted by Crippen LogP contribution is -2.23. The van der Waals surface area contributed by atoms with Crippen LogP contribution in [0.25, 0.3) is 0 Å². The molecule has 1 atom stereocenters. The molecular formula is C18H19FN2O. The molecule has 2 aromatic rings. The van der Waals surface area contributed by atoms with Gasteiger partial charge in [0.15, 0.2) is 0 Å². The van der Waals surface area contributed by atoms with Crippen molar-refractivity contribution in [2.45, 2.75) is 25.3 Å². The van der Waals surface area contributed by atoms with Crippen molar-refractivity contribution in [2.75, 3.05) is 6.54 Å². The first kappa shape index (κ1) is 14.7. The van der Waals surface area contributed by atoms with Crippen molar-refractivity contribution in [3.05, 3.63) is 70.5 Å². The van der Waals surface area contributed by atoms with Gasteiger partial charge >= 0.3 is 0 Å². The molecule has 3 rings (SSSR count). The largest absolute Gasteiger partial charge is 0.366 e. The number of halogens is 1. The molecule has 0 spiro atoms. The van der Waals surface area contributed by atoms with E-state index < -0.39 is 5.91 Å². The van der Waals surface area contributed by atoms with Crippen LogP contribution in [-0.2, 0) is 12.8 Å². The van der Waals surface area contributed by atoms with Crippen molar-refractivity contribution in [1.29, 1.82) is 0 Å². The van der Waals surface area contributed by atoms with Gasteiger partial charge in [0.25, 0.3) is 0 Å². The Hall–Kier alpha value is -2.20. The maximum absolute atomic E-state index is 13.0. The zero-order valence-corrected chi connectivity index (χ0v) is 12.3. The molecule has 1 aliphatic rings. The second-order valence-electron chi connectivity index (χ2n) is 5.72. The number of rotatable bonds is 3. The fourth-order valence-electron chi connectivity index (χ4n) is 3.00. The molecule has 1 amide bonds. The van der Waals surface area contributed by atoms with Crippen molar-refractivity contribution in [2.24, 2.45) is 5.73 Å². The van der Waals surface area contributed by atoms with Gasteiger partial charge in [-0.3, -0.25) is 4.79 Å². The first-order valence-electron chi connectivity index (χ1n) is 7.54. The molecule has 114 valence electrons. The molecule has 0 fully saturated rings. The average molecular weight is 298 g/mol. The SMILES string of the molecule is NC(=O)c1ccc2c(c1)C(Cc1ccc(F)cc1)NCCC2. The number of nitrogens with two attached hydrogens (primary N) is 1. The van der Waals surface area contributed by atoms with Crippen LogP contribution in [-0.4, -0.2) is 12.5 Å². The first-order valence-corrected chi connectivity index (χ1v) is 7.54. The zero-order valence-electron chi connectivity index (χ0n) is 12.3. The molecule has 22 heavy (non-hydrogen) atoms. The second-order valence-corrected chi connectivity index (χ2v) is 5.72.